The fraction of sp³-hybridized carbons (Fsp3) is 0.533. The van der Waals surface area contributed by atoms with E-state index >= 15 is 0 Å². The van der Waals surface area contributed by atoms with Crippen molar-refractivity contribution < 1.29 is 4.79 Å². The molecule has 4 nitrogen and oxygen atoms in total. The highest BCUT2D eigenvalue weighted by Crippen LogP contribution is 2.28. The van der Waals surface area contributed by atoms with Gasteiger partial charge in [0.15, 0.2) is 0 Å². The Morgan fingerprint density at radius 1 is 1.40 bits per heavy atom. The summed E-state index contributed by atoms with van der Waals surface area (Å²) in [5, 5.41) is 7.03. The number of fused-ring (bicyclic) bond motifs is 1. The summed E-state index contributed by atoms with van der Waals surface area (Å²) in [6.07, 6.45) is 1.17. The van der Waals surface area contributed by atoms with E-state index in [1.165, 1.54) is 6.42 Å². The number of piperidine rings is 1. The molecule has 0 saturated carbocycles. The summed E-state index contributed by atoms with van der Waals surface area (Å²) in [6.45, 7) is 5.78. The summed E-state index contributed by atoms with van der Waals surface area (Å²) in [7, 11) is 0. The first-order chi connectivity index (χ1) is 9.63. The van der Waals surface area contributed by atoms with E-state index in [4.69, 9.17) is 11.6 Å². The van der Waals surface area contributed by atoms with Crippen LogP contribution in [0.15, 0.2) is 18.2 Å². The molecular weight excluding hydrogens is 274 g/mol. The molecule has 1 aromatic carbocycles. The van der Waals surface area contributed by atoms with Crippen LogP contribution in [0.1, 0.15) is 12.0 Å². The van der Waals surface area contributed by atoms with Gasteiger partial charge in [-0.3, -0.25) is 0 Å². The number of nitrogens with zero attached hydrogens (tertiary/aromatic N) is 1. The van der Waals surface area contributed by atoms with Gasteiger partial charge >= 0.3 is 6.03 Å². The van der Waals surface area contributed by atoms with Gasteiger partial charge in [0.2, 0.25) is 0 Å². The molecule has 20 heavy (non-hydrogen) atoms. The number of hydrogen-bond acceptors (Lipinski definition) is 2. The lowest BCUT2D eigenvalue weighted by molar-refractivity contribution is 0.220. The van der Waals surface area contributed by atoms with Crippen LogP contribution in [-0.4, -0.2) is 37.1 Å². The Bertz CT molecular complexity index is 506. The number of nitrogens with one attached hydrogen (secondary N) is 2. The number of halogens is 1. The van der Waals surface area contributed by atoms with Gasteiger partial charge in [0.1, 0.15) is 0 Å². The van der Waals surface area contributed by atoms with Crippen molar-refractivity contribution in [2.24, 2.45) is 11.8 Å². The molecular formula is C15H20ClN3O. The zero-order chi connectivity index (χ0) is 14.1. The highest BCUT2D eigenvalue weighted by Gasteiger charge is 2.36. The number of amides is 2. The van der Waals surface area contributed by atoms with Crippen LogP contribution in [0.2, 0.25) is 5.02 Å². The van der Waals surface area contributed by atoms with Crippen molar-refractivity contribution in [2.75, 3.05) is 31.5 Å². The van der Waals surface area contributed by atoms with Gasteiger partial charge in [0.05, 0.1) is 0 Å². The van der Waals surface area contributed by atoms with Crippen molar-refractivity contribution in [3.8, 4) is 0 Å². The van der Waals surface area contributed by atoms with Crippen LogP contribution < -0.4 is 10.6 Å². The van der Waals surface area contributed by atoms with E-state index in [0.29, 0.717) is 16.9 Å². The van der Waals surface area contributed by atoms with Crippen LogP contribution >= 0.6 is 11.6 Å². The fourth-order valence-corrected chi connectivity index (χ4v) is 3.29. The standard InChI is InChI=1S/C15H20ClN3O/c1-10-2-3-13(6-14(10)16)18-15(20)19-8-11-4-5-17-7-12(11)9-19/h2-3,6,11-12,17H,4-5,7-9H2,1H3,(H,18,20). The number of likely N-dealkylation sites (tertiary alicyclic amines) is 1. The molecule has 0 bridgehead atoms. The summed E-state index contributed by atoms with van der Waals surface area (Å²) < 4.78 is 0. The number of carbonyl (C=O) groups excluding carboxylic acids is 1. The first-order valence-corrected chi connectivity index (χ1v) is 7.54. The van der Waals surface area contributed by atoms with E-state index in [9.17, 15) is 4.79 Å². The van der Waals surface area contributed by atoms with Gasteiger partial charge in [0.25, 0.3) is 0 Å². The van der Waals surface area contributed by atoms with Crippen molar-refractivity contribution >= 4 is 23.3 Å². The highest BCUT2D eigenvalue weighted by atomic mass is 35.5. The molecule has 2 aliphatic rings. The van der Waals surface area contributed by atoms with Gasteiger partial charge in [-0.05, 0) is 56.0 Å². The number of carbonyl (C=O) groups is 1. The van der Waals surface area contributed by atoms with Crippen molar-refractivity contribution in [3.05, 3.63) is 28.8 Å². The van der Waals surface area contributed by atoms with Crippen LogP contribution in [0.3, 0.4) is 0 Å². The molecule has 2 N–H and O–H groups in total. The van der Waals surface area contributed by atoms with Gasteiger partial charge < -0.3 is 15.5 Å². The van der Waals surface area contributed by atoms with Crippen LogP contribution in [-0.2, 0) is 0 Å². The number of aryl methyl sites for hydroxylation is 1. The van der Waals surface area contributed by atoms with Crippen molar-refractivity contribution in [3.63, 3.8) is 0 Å². The minimum atomic E-state index is -0.0145. The molecule has 108 valence electrons. The third kappa shape index (κ3) is 2.76. The van der Waals surface area contributed by atoms with Crippen LogP contribution in [0.5, 0.6) is 0 Å². The third-order valence-electron chi connectivity index (χ3n) is 4.39. The molecule has 2 heterocycles. The van der Waals surface area contributed by atoms with Crippen molar-refractivity contribution in [1.82, 2.24) is 10.2 Å². The predicted molar refractivity (Wildman–Crippen MR) is 81.2 cm³/mol. The lowest BCUT2D eigenvalue weighted by Crippen LogP contribution is -2.35. The lowest BCUT2D eigenvalue weighted by Gasteiger charge is -2.23. The Hall–Kier alpha value is -1.26. The van der Waals surface area contributed by atoms with E-state index in [1.54, 1.807) is 6.07 Å². The molecule has 1 aromatic rings. The second kappa shape index (κ2) is 5.62. The van der Waals surface area contributed by atoms with Gasteiger partial charge in [-0.15, -0.1) is 0 Å². The Balaban J connectivity index is 1.63. The molecule has 5 heteroatoms. The number of rotatable bonds is 1. The zero-order valence-corrected chi connectivity index (χ0v) is 12.4. The van der Waals surface area contributed by atoms with Crippen LogP contribution in [0, 0.1) is 18.8 Å². The maximum atomic E-state index is 12.3. The molecule has 0 radical (unpaired) electrons. The van der Waals surface area contributed by atoms with Gasteiger partial charge in [-0.2, -0.15) is 0 Å². The minimum Gasteiger partial charge on any atom is -0.324 e. The topological polar surface area (TPSA) is 44.4 Å². The average molecular weight is 294 g/mol. The predicted octanol–water partition coefficient (Wildman–Crippen LogP) is 2.72. The van der Waals surface area contributed by atoms with Crippen LogP contribution in [0.4, 0.5) is 10.5 Å². The van der Waals surface area contributed by atoms with Crippen molar-refractivity contribution in [1.29, 1.82) is 0 Å². The summed E-state index contributed by atoms with van der Waals surface area (Å²) in [6, 6.07) is 5.61. The zero-order valence-electron chi connectivity index (χ0n) is 11.7. The molecule has 0 aromatic heterocycles. The number of benzene rings is 1. The summed E-state index contributed by atoms with van der Waals surface area (Å²) in [5.41, 5.74) is 1.78. The average Bonchev–Trinajstić information content (AvgIpc) is 2.87. The quantitative estimate of drug-likeness (QED) is 0.836. The first kappa shape index (κ1) is 13.7. The Morgan fingerprint density at radius 3 is 2.95 bits per heavy atom. The molecule has 2 fully saturated rings. The maximum Gasteiger partial charge on any atom is 0.321 e. The normalized spacial score (nSPS) is 25.4. The Kier molecular flexibility index (Phi) is 3.85. The van der Waals surface area contributed by atoms with E-state index in [0.717, 1.165) is 37.4 Å². The van der Waals surface area contributed by atoms with Gasteiger partial charge in [-0.1, -0.05) is 17.7 Å². The molecule has 2 aliphatic heterocycles. The Labute approximate surface area is 124 Å². The SMILES string of the molecule is Cc1ccc(NC(=O)N2CC3CCNCC3C2)cc1Cl. The van der Waals surface area contributed by atoms with Gasteiger partial charge in [0, 0.05) is 23.8 Å². The molecule has 0 aliphatic carbocycles. The first-order valence-electron chi connectivity index (χ1n) is 7.16. The molecule has 2 amide bonds. The third-order valence-corrected chi connectivity index (χ3v) is 4.79. The van der Waals surface area contributed by atoms with E-state index in [1.807, 2.05) is 24.0 Å². The molecule has 3 rings (SSSR count). The summed E-state index contributed by atoms with van der Waals surface area (Å²) in [4.78, 5) is 14.2. The maximum absolute atomic E-state index is 12.3. The number of hydrogen-bond donors (Lipinski definition) is 2. The monoisotopic (exact) mass is 293 g/mol. The van der Waals surface area contributed by atoms with E-state index in [2.05, 4.69) is 10.6 Å². The second-order valence-corrected chi connectivity index (χ2v) is 6.22. The number of urea groups is 1. The smallest absolute Gasteiger partial charge is 0.321 e. The molecule has 2 unspecified atom stereocenters. The van der Waals surface area contributed by atoms with Crippen LogP contribution in [0.25, 0.3) is 0 Å². The van der Waals surface area contributed by atoms with E-state index in [-0.39, 0.29) is 6.03 Å². The lowest BCUT2D eigenvalue weighted by atomic mass is 9.90. The minimum absolute atomic E-state index is 0.0145. The second-order valence-electron chi connectivity index (χ2n) is 5.81. The highest BCUT2D eigenvalue weighted by molar-refractivity contribution is 6.31. The molecule has 2 atom stereocenters. The molecule has 2 saturated heterocycles. The van der Waals surface area contributed by atoms with Crippen molar-refractivity contribution in [2.45, 2.75) is 13.3 Å². The Morgan fingerprint density at radius 2 is 2.20 bits per heavy atom. The number of anilines is 1. The van der Waals surface area contributed by atoms with Gasteiger partial charge in [-0.25, -0.2) is 4.79 Å². The fourth-order valence-electron chi connectivity index (χ4n) is 3.11. The largest absolute Gasteiger partial charge is 0.324 e. The van der Waals surface area contributed by atoms with E-state index < -0.39 is 0 Å². The molecule has 0 spiro atoms. The summed E-state index contributed by atoms with van der Waals surface area (Å²) >= 11 is 6.08. The summed E-state index contributed by atoms with van der Waals surface area (Å²) in [5.74, 6) is 1.26.